The van der Waals surface area contributed by atoms with Crippen molar-refractivity contribution >= 4 is 11.7 Å². The number of primary amides is 1. The first-order chi connectivity index (χ1) is 9.85. The molecule has 1 aliphatic heterocycles. The number of rotatable bonds is 2. The topological polar surface area (TPSA) is 83.0 Å². The number of anilines is 1. The smallest absolute Gasteiger partial charge is 0.252 e. The minimum Gasteiger partial charge on any atom is -0.365 e. The van der Waals surface area contributed by atoms with Gasteiger partial charge in [-0.2, -0.15) is 5.26 Å². The molecule has 2 heterocycles. The average molecular weight is 294 g/mol. The fraction of sp³-hybridized carbons (Fsp3) is 0.500. The summed E-state index contributed by atoms with van der Waals surface area (Å²) >= 11 is 0. The second kappa shape index (κ2) is 5.64. The molecule has 0 radical (unpaired) electrons. The molecule has 1 amide bonds. The van der Waals surface area contributed by atoms with Crippen molar-refractivity contribution < 1.29 is 13.6 Å². The Morgan fingerprint density at radius 2 is 2.19 bits per heavy atom. The van der Waals surface area contributed by atoms with E-state index in [4.69, 9.17) is 11.0 Å². The minimum atomic E-state index is -2.69. The van der Waals surface area contributed by atoms with E-state index >= 15 is 0 Å². The summed E-state index contributed by atoms with van der Waals surface area (Å²) in [5.74, 6) is -3.11. The lowest BCUT2D eigenvalue weighted by Crippen LogP contribution is -2.30. The summed E-state index contributed by atoms with van der Waals surface area (Å²) < 4.78 is 26.9. The molecule has 1 aliphatic rings. The summed E-state index contributed by atoms with van der Waals surface area (Å²) in [5, 5.41) is 8.98. The van der Waals surface area contributed by atoms with Crippen molar-refractivity contribution in [3.8, 4) is 6.07 Å². The van der Waals surface area contributed by atoms with E-state index in [-0.39, 0.29) is 36.3 Å². The van der Waals surface area contributed by atoms with Crippen LogP contribution in [0.15, 0.2) is 6.20 Å². The number of carbonyl (C=O) groups is 1. The normalized spacial score (nSPS) is 17.9. The first kappa shape index (κ1) is 15.2. The van der Waals surface area contributed by atoms with Gasteiger partial charge in [-0.3, -0.25) is 4.79 Å². The molecule has 2 rings (SSSR count). The molecule has 0 aliphatic carbocycles. The first-order valence-electron chi connectivity index (χ1n) is 6.68. The third-order valence-electron chi connectivity index (χ3n) is 3.70. The summed E-state index contributed by atoms with van der Waals surface area (Å²) in [6, 6.07) is 1.94. The Labute approximate surface area is 121 Å². The zero-order valence-corrected chi connectivity index (χ0v) is 11.7. The number of hydrogen-bond acceptors (Lipinski definition) is 4. The highest BCUT2D eigenvalue weighted by molar-refractivity contribution is 5.99. The van der Waals surface area contributed by atoms with Crippen LogP contribution >= 0.6 is 0 Å². The largest absolute Gasteiger partial charge is 0.365 e. The Hall–Kier alpha value is -2.23. The van der Waals surface area contributed by atoms with Crippen molar-refractivity contribution in [1.82, 2.24) is 4.98 Å². The molecule has 112 valence electrons. The summed E-state index contributed by atoms with van der Waals surface area (Å²) in [4.78, 5) is 17.4. The number of nitrogens with zero attached hydrogens (tertiary/aromatic N) is 3. The lowest BCUT2D eigenvalue weighted by atomic mass is 10.0. The Morgan fingerprint density at radius 1 is 1.48 bits per heavy atom. The monoisotopic (exact) mass is 294 g/mol. The molecule has 2 N–H and O–H groups in total. The van der Waals surface area contributed by atoms with Gasteiger partial charge in [0.25, 0.3) is 5.91 Å². The highest BCUT2D eigenvalue weighted by Crippen LogP contribution is 2.31. The van der Waals surface area contributed by atoms with Crippen LogP contribution in [0.2, 0.25) is 0 Å². The van der Waals surface area contributed by atoms with Crippen molar-refractivity contribution in [2.75, 3.05) is 18.0 Å². The van der Waals surface area contributed by atoms with Gasteiger partial charge in [-0.15, -0.1) is 0 Å². The Morgan fingerprint density at radius 3 is 2.81 bits per heavy atom. The molecule has 0 atom stereocenters. The Balaban J connectivity index is 2.42. The second-order valence-corrected chi connectivity index (χ2v) is 5.17. The van der Waals surface area contributed by atoms with Crippen LogP contribution in [0.1, 0.15) is 40.7 Å². The van der Waals surface area contributed by atoms with Crippen LogP contribution in [0.4, 0.5) is 14.6 Å². The molecule has 1 aromatic rings. The maximum atomic E-state index is 13.4. The van der Waals surface area contributed by atoms with Crippen LogP contribution in [0.5, 0.6) is 0 Å². The minimum absolute atomic E-state index is 0.103. The van der Waals surface area contributed by atoms with E-state index in [1.54, 1.807) is 11.8 Å². The van der Waals surface area contributed by atoms with E-state index in [2.05, 4.69) is 4.98 Å². The Bertz CT molecular complexity index is 610. The number of alkyl halides is 2. The maximum Gasteiger partial charge on any atom is 0.252 e. The lowest BCUT2D eigenvalue weighted by molar-refractivity contribution is -0.0102. The van der Waals surface area contributed by atoms with Crippen LogP contribution < -0.4 is 10.6 Å². The van der Waals surface area contributed by atoms with E-state index < -0.39 is 11.8 Å². The second-order valence-electron chi connectivity index (χ2n) is 5.17. The number of amides is 1. The molecule has 1 fully saturated rings. The molecule has 0 bridgehead atoms. The van der Waals surface area contributed by atoms with Crippen LogP contribution in [-0.4, -0.2) is 29.9 Å². The van der Waals surface area contributed by atoms with Gasteiger partial charge in [-0.1, -0.05) is 0 Å². The van der Waals surface area contributed by atoms with Gasteiger partial charge in [0.2, 0.25) is 5.92 Å². The van der Waals surface area contributed by atoms with Crippen LogP contribution in [0.3, 0.4) is 0 Å². The zero-order valence-electron chi connectivity index (χ0n) is 11.7. The molecule has 0 unspecified atom stereocenters. The van der Waals surface area contributed by atoms with Gasteiger partial charge in [-0.25, -0.2) is 13.8 Å². The quantitative estimate of drug-likeness (QED) is 0.904. The molecule has 0 aromatic carbocycles. The molecule has 7 heteroatoms. The number of hydrogen-bond donors (Lipinski definition) is 1. The zero-order chi connectivity index (χ0) is 15.6. The Kier molecular flexibility index (Phi) is 4.07. The summed E-state index contributed by atoms with van der Waals surface area (Å²) in [5.41, 5.74) is 6.21. The van der Waals surface area contributed by atoms with Gasteiger partial charge >= 0.3 is 0 Å². The fourth-order valence-electron chi connectivity index (χ4n) is 2.51. The van der Waals surface area contributed by atoms with Crippen molar-refractivity contribution in [2.24, 2.45) is 5.73 Å². The molecular weight excluding hydrogens is 278 g/mol. The molecule has 0 spiro atoms. The van der Waals surface area contributed by atoms with Gasteiger partial charge in [0, 0.05) is 32.1 Å². The van der Waals surface area contributed by atoms with Gasteiger partial charge in [0.1, 0.15) is 11.9 Å². The SMILES string of the molecule is Cc1c(C#N)cnc(N2CCCC(F)(F)CC2)c1C(N)=O. The van der Waals surface area contributed by atoms with Crippen molar-refractivity contribution in [1.29, 1.82) is 5.26 Å². The molecule has 21 heavy (non-hydrogen) atoms. The number of nitriles is 1. The first-order valence-corrected chi connectivity index (χ1v) is 6.68. The molecule has 1 saturated heterocycles. The average Bonchev–Trinajstić information content (AvgIpc) is 2.59. The third-order valence-corrected chi connectivity index (χ3v) is 3.70. The van der Waals surface area contributed by atoms with Gasteiger partial charge in [0.05, 0.1) is 11.1 Å². The van der Waals surface area contributed by atoms with Crippen LogP contribution in [0.25, 0.3) is 0 Å². The lowest BCUT2D eigenvalue weighted by Gasteiger charge is -2.24. The molecule has 1 aromatic heterocycles. The standard InChI is InChI=1S/C14H16F2N4O/c1-9-10(7-17)8-19-13(11(9)12(18)21)20-5-2-3-14(15,16)4-6-20/h8H,2-6H2,1H3,(H2,18,21). The van der Waals surface area contributed by atoms with Crippen molar-refractivity contribution in [2.45, 2.75) is 32.1 Å². The maximum absolute atomic E-state index is 13.4. The number of nitrogens with two attached hydrogens (primary N) is 1. The number of pyridine rings is 1. The van der Waals surface area contributed by atoms with Crippen molar-refractivity contribution in [3.63, 3.8) is 0 Å². The van der Waals surface area contributed by atoms with Crippen molar-refractivity contribution in [3.05, 3.63) is 22.9 Å². The number of halogens is 2. The van der Waals surface area contributed by atoms with E-state index in [0.717, 1.165) is 0 Å². The number of aromatic nitrogens is 1. The molecule has 0 saturated carbocycles. The highest BCUT2D eigenvalue weighted by Gasteiger charge is 2.33. The van der Waals surface area contributed by atoms with E-state index in [9.17, 15) is 13.6 Å². The fourth-order valence-corrected chi connectivity index (χ4v) is 2.51. The van der Waals surface area contributed by atoms with E-state index in [1.807, 2.05) is 6.07 Å². The van der Waals surface area contributed by atoms with Crippen LogP contribution in [-0.2, 0) is 0 Å². The predicted molar refractivity (Wildman–Crippen MR) is 73.2 cm³/mol. The van der Waals surface area contributed by atoms with E-state index in [1.165, 1.54) is 6.20 Å². The third kappa shape index (κ3) is 3.10. The molecule has 5 nitrogen and oxygen atoms in total. The van der Waals surface area contributed by atoms with Gasteiger partial charge in [0.15, 0.2) is 0 Å². The van der Waals surface area contributed by atoms with Gasteiger partial charge < -0.3 is 10.6 Å². The van der Waals surface area contributed by atoms with E-state index in [0.29, 0.717) is 18.5 Å². The predicted octanol–water partition coefficient (Wildman–Crippen LogP) is 1.99. The number of carbonyl (C=O) groups excluding carboxylic acids is 1. The van der Waals surface area contributed by atoms with Crippen LogP contribution in [0, 0.1) is 18.3 Å². The van der Waals surface area contributed by atoms with Gasteiger partial charge in [-0.05, 0) is 18.9 Å². The molecular formula is C14H16F2N4O. The summed E-state index contributed by atoms with van der Waals surface area (Å²) in [6.07, 6.45) is 1.20. The summed E-state index contributed by atoms with van der Waals surface area (Å²) in [6.45, 7) is 2.09. The highest BCUT2D eigenvalue weighted by atomic mass is 19.3. The summed E-state index contributed by atoms with van der Waals surface area (Å²) in [7, 11) is 0.